The number of aromatic amines is 1. The van der Waals surface area contributed by atoms with Crippen molar-refractivity contribution in [3.63, 3.8) is 0 Å². The van der Waals surface area contributed by atoms with Crippen LogP contribution >= 0.6 is 0 Å². The fourth-order valence-corrected chi connectivity index (χ4v) is 1.39. The van der Waals surface area contributed by atoms with Crippen molar-refractivity contribution in [1.29, 1.82) is 0 Å². The van der Waals surface area contributed by atoms with E-state index in [0.29, 0.717) is 5.69 Å². The molecule has 19 heavy (non-hydrogen) atoms. The molecule has 0 fully saturated rings. The molecule has 0 bridgehead atoms. The molecule has 1 heterocycles. The first-order valence-electron chi connectivity index (χ1n) is 5.32. The third-order valence-electron chi connectivity index (χ3n) is 2.31. The average molecular weight is 267 g/mol. The van der Waals surface area contributed by atoms with Crippen LogP contribution in [0.25, 0.3) is 0 Å². The Labute approximate surface area is 107 Å². The van der Waals surface area contributed by atoms with Crippen molar-refractivity contribution in [2.24, 2.45) is 5.73 Å². The molecule has 1 rings (SSSR count). The highest BCUT2D eigenvalue weighted by atomic mass is 16.4. The number of primary amides is 1. The number of aryl methyl sites for hydroxylation is 1. The molecular weight excluding hydrogens is 254 g/mol. The summed E-state index contributed by atoms with van der Waals surface area (Å²) >= 11 is 0. The van der Waals surface area contributed by atoms with E-state index >= 15 is 0 Å². The highest BCUT2D eigenvalue weighted by molar-refractivity contribution is 5.97. The van der Waals surface area contributed by atoms with Crippen LogP contribution in [0.4, 0.5) is 0 Å². The maximum atomic E-state index is 11.7. The Bertz CT molecular complexity index is 578. The Kier molecular flexibility index (Phi) is 4.41. The van der Waals surface area contributed by atoms with Gasteiger partial charge in [-0.25, -0.2) is 4.79 Å². The molecule has 0 spiro atoms. The van der Waals surface area contributed by atoms with Crippen LogP contribution in [0.1, 0.15) is 22.5 Å². The average Bonchev–Trinajstić information content (AvgIpc) is 2.26. The minimum atomic E-state index is -1.47. The van der Waals surface area contributed by atoms with E-state index < -0.39 is 35.7 Å². The van der Waals surface area contributed by atoms with Gasteiger partial charge in [0.25, 0.3) is 5.91 Å². The van der Waals surface area contributed by atoms with Crippen molar-refractivity contribution in [1.82, 2.24) is 10.3 Å². The molecule has 102 valence electrons. The molecule has 5 N–H and O–H groups in total. The Hall–Kier alpha value is -2.64. The van der Waals surface area contributed by atoms with E-state index in [4.69, 9.17) is 10.8 Å². The number of amides is 2. The second-order valence-corrected chi connectivity index (χ2v) is 3.93. The molecule has 0 unspecified atom stereocenters. The van der Waals surface area contributed by atoms with Gasteiger partial charge in [-0.05, 0) is 6.92 Å². The molecule has 0 aliphatic carbocycles. The summed E-state index contributed by atoms with van der Waals surface area (Å²) in [6.07, 6.45) is 0.626. The van der Waals surface area contributed by atoms with Crippen molar-refractivity contribution in [2.75, 3.05) is 0 Å². The molecule has 0 aromatic carbocycles. The van der Waals surface area contributed by atoms with Crippen LogP contribution in [0.3, 0.4) is 0 Å². The molecule has 8 heteroatoms. The first-order chi connectivity index (χ1) is 8.81. The zero-order valence-corrected chi connectivity index (χ0v) is 10.1. The number of aromatic nitrogens is 1. The fraction of sp³-hybridized carbons (Fsp3) is 0.273. The molecule has 0 radical (unpaired) electrons. The maximum Gasteiger partial charge on any atom is 0.326 e. The second kappa shape index (κ2) is 5.80. The van der Waals surface area contributed by atoms with Crippen molar-refractivity contribution in [3.05, 3.63) is 33.7 Å². The second-order valence-electron chi connectivity index (χ2n) is 3.93. The smallest absolute Gasteiger partial charge is 0.326 e. The summed E-state index contributed by atoms with van der Waals surface area (Å²) < 4.78 is 0. The highest BCUT2D eigenvalue weighted by Crippen LogP contribution is 1.97. The van der Waals surface area contributed by atoms with Crippen LogP contribution in [-0.2, 0) is 9.59 Å². The van der Waals surface area contributed by atoms with Gasteiger partial charge in [0.2, 0.25) is 5.91 Å². The zero-order chi connectivity index (χ0) is 14.6. The molecule has 0 aliphatic rings. The molecule has 1 atom stereocenters. The molecule has 2 amide bonds. The number of pyridine rings is 1. The molecule has 8 nitrogen and oxygen atoms in total. The van der Waals surface area contributed by atoms with Crippen LogP contribution in [0.2, 0.25) is 0 Å². The number of rotatable bonds is 5. The van der Waals surface area contributed by atoms with Gasteiger partial charge >= 0.3 is 5.97 Å². The van der Waals surface area contributed by atoms with Crippen molar-refractivity contribution in [3.8, 4) is 0 Å². The predicted molar refractivity (Wildman–Crippen MR) is 64.5 cm³/mol. The minimum absolute atomic E-state index is 0.235. The topological polar surface area (TPSA) is 142 Å². The van der Waals surface area contributed by atoms with Crippen LogP contribution in [0.15, 0.2) is 17.1 Å². The molecule has 0 saturated heterocycles. The van der Waals surface area contributed by atoms with E-state index in [1.807, 2.05) is 0 Å². The first kappa shape index (κ1) is 14.4. The summed E-state index contributed by atoms with van der Waals surface area (Å²) in [6.45, 7) is 1.64. The number of carbonyl (C=O) groups is 3. The number of H-pyrrole nitrogens is 1. The Balaban J connectivity index is 2.91. The van der Waals surface area contributed by atoms with Crippen molar-refractivity contribution in [2.45, 2.75) is 19.4 Å². The number of carboxylic acid groups (broad SMARTS) is 1. The van der Waals surface area contributed by atoms with Gasteiger partial charge in [0, 0.05) is 18.0 Å². The van der Waals surface area contributed by atoms with Crippen molar-refractivity contribution < 1.29 is 19.5 Å². The number of nitrogens with one attached hydrogen (secondary N) is 2. The number of carbonyl (C=O) groups excluding carboxylic acids is 2. The van der Waals surface area contributed by atoms with E-state index in [1.165, 1.54) is 12.3 Å². The number of hydrogen-bond donors (Lipinski definition) is 4. The monoisotopic (exact) mass is 267 g/mol. The van der Waals surface area contributed by atoms with Gasteiger partial charge in [0.05, 0.1) is 6.42 Å². The normalized spacial score (nSPS) is 11.6. The van der Waals surface area contributed by atoms with Gasteiger partial charge in [-0.15, -0.1) is 0 Å². The van der Waals surface area contributed by atoms with Crippen LogP contribution < -0.4 is 16.5 Å². The lowest BCUT2D eigenvalue weighted by molar-refractivity contribution is -0.140. The summed E-state index contributed by atoms with van der Waals surface area (Å²) in [4.78, 5) is 47.4. The van der Waals surface area contributed by atoms with Gasteiger partial charge in [-0.1, -0.05) is 0 Å². The van der Waals surface area contributed by atoms with E-state index in [9.17, 15) is 19.2 Å². The summed E-state index contributed by atoms with van der Waals surface area (Å²) in [5.41, 5.74) is 4.66. The summed E-state index contributed by atoms with van der Waals surface area (Å²) in [5.74, 6) is -3.16. The van der Waals surface area contributed by atoms with Crippen LogP contribution in [0.5, 0.6) is 0 Å². The largest absolute Gasteiger partial charge is 0.480 e. The predicted octanol–water partition coefficient (Wildman–Crippen LogP) is -1.26. The SMILES string of the molecule is Cc1cc(=O)c(C(=O)N[C@@H](CC(N)=O)C(=O)O)c[nH]1. The lowest BCUT2D eigenvalue weighted by Crippen LogP contribution is -2.44. The number of aliphatic carboxylic acids is 1. The standard InChI is InChI=1S/C11H13N3O5/c1-5-2-8(15)6(4-13-5)10(17)14-7(11(18)19)3-9(12)16/h2,4,7H,3H2,1H3,(H2,12,16)(H,13,15)(H,14,17)(H,18,19)/t7-/m0/s1. The molecule has 1 aromatic rings. The molecule has 0 aliphatic heterocycles. The van der Waals surface area contributed by atoms with E-state index in [2.05, 4.69) is 10.3 Å². The van der Waals surface area contributed by atoms with Crippen molar-refractivity contribution >= 4 is 17.8 Å². The third kappa shape index (κ3) is 3.95. The quantitative estimate of drug-likeness (QED) is 0.526. The highest BCUT2D eigenvalue weighted by Gasteiger charge is 2.23. The molecule has 1 aromatic heterocycles. The zero-order valence-electron chi connectivity index (χ0n) is 10.1. The van der Waals surface area contributed by atoms with Gasteiger partial charge in [0.1, 0.15) is 11.6 Å². The summed E-state index contributed by atoms with van der Waals surface area (Å²) in [5, 5.41) is 10.9. The summed E-state index contributed by atoms with van der Waals surface area (Å²) in [7, 11) is 0. The van der Waals surface area contributed by atoms with Gasteiger partial charge in [-0.3, -0.25) is 14.4 Å². The fourth-order valence-electron chi connectivity index (χ4n) is 1.39. The molecule has 0 saturated carbocycles. The third-order valence-corrected chi connectivity index (χ3v) is 2.31. The Morgan fingerprint density at radius 1 is 1.47 bits per heavy atom. The van der Waals surface area contributed by atoms with Gasteiger partial charge in [0.15, 0.2) is 5.43 Å². The number of carboxylic acids is 1. The minimum Gasteiger partial charge on any atom is -0.480 e. The first-order valence-corrected chi connectivity index (χ1v) is 5.32. The lowest BCUT2D eigenvalue weighted by Gasteiger charge is -2.12. The van der Waals surface area contributed by atoms with E-state index in [-0.39, 0.29) is 5.56 Å². The van der Waals surface area contributed by atoms with Gasteiger partial charge < -0.3 is 21.1 Å². The van der Waals surface area contributed by atoms with E-state index in [1.54, 1.807) is 6.92 Å². The van der Waals surface area contributed by atoms with Crippen LogP contribution in [0, 0.1) is 6.92 Å². The molecular formula is C11H13N3O5. The van der Waals surface area contributed by atoms with Crippen LogP contribution in [-0.4, -0.2) is 33.9 Å². The number of hydrogen-bond acceptors (Lipinski definition) is 4. The summed E-state index contributed by atoms with van der Waals surface area (Å²) in [6, 6.07) is -0.260. The maximum absolute atomic E-state index is 11.7. The Morgan fingerprint density at radius 3 is 2.58 bits per heavy atom. The Morgan fingerprint density at radius 2 is 2.11 bits per heavy atom. The van der Waals surface area contributed by atoms with Gasteiger partial charge in [-0.2, -0.15) is 0 Å². The number of nitrogens with two attached hydrogens (primary N) is 1. The lowest BCUT2D eigenvalue weighted by atomic mass is 10.1. The van der Waals surface area contributed by atoms with E-state index in [0.717, 1.165) is 0 Å².